The summed E-state index contributed by atoms with van der Waals surface area (Å²) in [6.07, 6.45) is 0. The van der Waals surface area contributed by atoms with Crippen molar-refractivity contribution >= 4 is 47.1 Å². The van der Waals surface area contributed by atoms with Crippen molar-refractivity contribution in [3.8, 4) is 0 Å². The molecule has 0 aliphatic carbocycles. The Bertz CT molecular complexity index is 855. The summed E-state index contributed by atoms with van der Waals surface area (Å²) < 4.78 is 0. The fourth-order valence-electron chi connectivity index (χ4n) is 2.41. The molecule has 0 N–H and O–H groups in total. The minimum absolute atomic E-state index is 0. The minimum Gasteiger partial charge on any atom is -0.760 e. The van der Waals surface area contributed by atoms with Crippen molar-refractivity contribution in [3.05, 3.63) is 71.8 Å². The van der Waals surface area contributed by atoms with Gasteiger partial charge in [-0.3, -0.25) is 9.97 Å². The van der Waals surface area contributed by atoms with Crippen LogP contribution in [-0.4, -0.2) is 9.97 Å². The molecule has 2 aromatic carbocycles. The number of fused-ring (bicyclic) bond motifs is 2. The van der Waals surface area contributed by atoms with E-state index in [9.17, 15) is 0 Å². The summed E-state index contributed by atoms with van der Waals surface area (Å²) in [4.78, 5) is 8.58. The van der Waals surface area contributed by atoms with Crippen LogP contribution in [0.15, 0.2) is 70.7 Å². The third-order valence-electron chi connectivity index (χ3n) is 3.74. The van der Waals surface area contributed by atoms with Crippen molar-refractivity contribution in [2.75, 3.05) is 0 Å². The zero-order chi connectivity index (χ0) is 17.1. The molecule has 2 nitrogen and oxygen atoms in total. The zero-order valence-corrected chi connectivity index (χ0v) is 19.9. The maximum atomic E-state index is 5.07. The molecule has 0 unspecified atom stereocenters. The maximum Gasteiger partial charge on any atom is 2.00 e. The number of hydrogen-bond acceptors (Lipinski definition) is 4. The molecule has 0 aliphatic heterocycles. The fourth-order valence-corrected chi connectivity index (χ4v) is 2.72. The van der Waals surface area contributed by atoms with Crippen LogP contribution in [0.5, 0.6) is 0 Å². The summed E-state index contributed by atoms with van der Waals surface area (Å²) in [5, 5.41) is 3.72. The molecular formula is C20H16CdN2S2. The number of aromatic nitrogens is 2. The molecule has 4 aromatic rings. The average molecular weight is 461 g/mol. The predicted molar refractivity (Wildman–Crippen MR) is 104 cm³/mol. The summed E-state index contributed by atoms with van der Waals surface area (Å²) in [5.74, 6) is 0. The van der Waals surface area contributed by atoms with Gasteiger partial charge in [0.1, 0.15) is 0 Å². The molecule has 0 bridgehead atoms. The first-order valence-electron chi connectivity index (χ1n) is 7.61. The molecule has 0 amide bonds. The first-order chi connectivity index (χ1) is 11.5. The minimum atomic E-state index is 0. The second-order valence-electron chi connectivity index (χ2n) is 5.61. The largest absolute Gasteiger partial charge is 2.00 e. The molecule has 5 heteroatoms. The van der Waals surface area contributed by atoms with Crippen LogP contribution in [0, 0.1) is 13.8 Å². The van der Waals surface area contributed by atoms with Crippen LogP contribution < -0.4 is 0 Å². The van der Waals surface area contributed by atoms with Crippen LogP contribution in [-0.2, 0) is 52.6 Å². The van der Waals surface area contributed by atoms with Crippen molar-refractivity contribution in [1.82, 2.24) is 9.97 Å². The van der Waals surface area contributed by atoms with E-state index in [1.165, 1.54) is 0 Å². The Morgan fingerprint density at radius 3 is 1.40 bits per heavy atom. The van der Waals surface area contributed by atoms with Gasteiger partial charge in [0.2, 0.25) is 0 Å². The van der Waals surface area contributed by atoms with E-state index in [-0.39, 0.29) is 27.3 Å². The van der Waals surface area contributed by atoms with Gasteiger partial charge in [0.25, 0.3) is 0 Å². The molecular weight excluding hydrogens is 445 g/mol. The van der Waals surface area contributed by atoms with E-state index >= 15 is 0 Å². The van der Waals surface area contributed by atoms with E-state index in [0.717, 1.165) is 32.9 Å². The zero-order valence-electron chi connectivity index (χ0n) is 14.2. The topological polar surface area (TPSA) is 25.8 Å². The van der Waals surface area contributed by atoms with Crippen molar-refractivity contribution in [3.63, 3.8) is 0 Å². The smallest absolute Gasteiger partial charge is 0.760 e. The Morgan fingerprint density at radius 2 is 1.00 bits per heavy atom. The van der Waals surface area contributed by atoms with Crippen molar-refractivity contribution < 1.29 is 27.3 Å². The maximum absolute atomic E-state index is 5.07. The van der Waals surface area contributed by atoms with Gasteiger partial charge in [-0.1, -0.05) is 57.6 Å². The molecule has 4 rings (SSSR count). The standard InChI is InChI=1S/2C10H9NS.Cd/c2*1-7-6-8-4-2-3-5-9(8)11-10(7)12;/h2*2-6H,1H3,(H,11,12);/q;;+2/p-2. The number of benzene rings is 2. The van der Waals surface area contributed by atoms with Gasteiger partial charge >= 0.3 is 27.3 Å². The van der Waals surface area contributed by atoms with E-state index in [4.69, 9.17) is 25.3 Å². The SMILES string of the molecule is Cc1cc2ccccc2nc1[S-].Cc1cc2ccccc2nc1[S-].[Cd+2]. The van der Waals surface area contributed by atoms with E-state index in [2.05, 4.69) is 22.1 Å². The Labute approximate surface area is 179 Å². The summed E-state index contributed by atoms with van der Waals surface area (Å²) in [7, 11) is 0. The molecule has 0 atom stereocenters. The van der Waals surface area contributed by atoms with Crippen LogP contribution in [0.25, 0.3) is 21.8 Å². The monoisotopic (exact) mass is 462 g/mol. The normalized spacial score (nSPS) is 10.0. The summed E-state index contributed by atoms with van der Waals surface area (Å²) in [5.41, 5.74) is 4.11. The van der Waals surface area contributed by atoms with Crippen LogP contribution in [0.1, 0.15) is 11.1 Å². The first kappa shape index (κ1) is 19.9. The molecule has 2 heterocycles. The van der Waals surface area contributed by atoms with E-state index in [1.54, 1.807) is 0 Å². The Morgan fingerprint density at radius 1 is 0.640 bits per heavy atom. The Hall–Kier alpha value is -1.38. The van der Waals surface area contributed by atoms with Crippen LogP contribution >= 0.6 is 0 Å². The van der Waals surface area contributed by atoms with Crippen molar-refractivity contribution in [2.24, 2.45) is 0 Å². The summed E-state index contributed by atoms with van der Waals surface area (Å²) in [6.45, 7) is 3.98. The number of hydrogen-bond donors (Lipinski definition) is 0. The Kier molecular flexibility index (Phi) is 7.04. The van der Waals surface area contributed by atoms with Crippen LogP contribution in [0.3, 0.4) is 0 Å². The first-order valence-corrected chi connectivity index (χ1v) is 8.43. The van der Waals surface area contributed by atoms with Gasteiger partial charge in [0.15, 0.2) is 0 Å². The molecule has 25 heavy (non-hydrogen) atoms. The third-order valence-corrected chi connectivity index (χ3v) is 4.56. The predicted octanol–water partition coefficient (Wildman–Crippen LogP) is 4.90. The average Bonchev–Trinajstić information content (AvgIpc) is 2.57. The van der Waals surface area contributed by atoms with Crippen molar-refractivity contribution in [2.45, 2.75) is 23.9 Å². The quantitative estimate of drug-likeness (QED) is 0.275. The number of pyridine rings is 2. The Balaban J connectivity index is 0.000000173. The molecule has 0 fully saturated rings. The van der Waals surface area contributed by atoms with Gasteiger partial charge in [-0.25, -0.2) is 0 Å². The number of nitrogens with zero attached hydrogens (tertiary/aromatic N) is 2. The number of aryl methyl sites for hydroxylation is 2. The summed E-state index contributed by atoms with van der Waals surface area (Å²) in [6, 6.07) is 20.1. The second kappa shape index (κ2) is 8.82. The van der Waals surface area contributed by atoms with Gasteiger partial charge in [-0.05, 0) is 38.1 Å². The molecule has 0 radical (unpaired) electrons. The van der Waals surface area contributed by atoms with Crippen molar-refractivity contribution in [1.29, 1.82) is 0 Å². The third kappa shape index (κ3) is 4.83. The van der Waals surface area contributed by atoms with E-state index in [1.807, 2.05) is 62.4 Å². The molecule has 0 saturated heterocycles. The van der Waals surface area contributed by atoms with Gasteiger partial charge in [0, 0.05) is 10.8 Å². The number of rotatable bonds is 0. The second-order valence-corrected chi connectivity index (χ2v) is 6.38. The van der Waals surface area contributed by atoms with Gasteiger partial charge < -0.3 is 25.3 Å². The van der Waals surface area contributed by atoms with E-state index in [0.29, 0.717) is 10.1 Å². The molecule has 0 aliphatic rings. The van der Waals surface area contributed by atoms with E-state index < -0.39 is 0 Å². The van der Waals surface area contributed by atoms with Crippen LogP contribution in [0.2, 0.25) is 0 Å². The molecule has 0 spiro atoms. The van der Waals surface area contributed by atoms with Gasteiger partial charge in [-0.15, -0.1) is 0 Å². The summed E-state index contributed by atoms with van der Waals surface area (Å²) >= 11 is 10.1. The van der Waals surface area contributed by atoms with Gasteiger partial charge in [-0.2, -0.15) is 0 Å². The number of para-hydroxylation sites is 2. The molecule has 0 saturated carbocycles. The van der Waals surface area contributed by atoms with Crippen LogP contribution in [0.4, 0.5) is 0 Å². The van der Waals surface area contributed by atoms with Gasteiger partial charge in [0.05, 0.1) is 11.0 Å². The fraction of sp³-hybridized carbons (Fsp3) is 0.100. The molecule has 2 aromatic heterocycles. The molecule has 120 valence electrons.